The Morgan fingerprint density at radius 3 is 1.69 bits per heavy atom. The minimum Gasteiger partial charge on any atom is -0.335 e. The van der Waals surface area contributed by atoms with Crippen LogP contribution in [0.25, 0.3) is 0 Å². The van der Waals surface area contributed by atoms with Gasteiger partial charge in [0, 0.05) is 0 Å². The molecule has 0 aliphatic rings. The molecule has 0 fully saturated rings. The van der Waals surface area contributed by atoms with Crippen molar-refractivity contribution in [2.75, 3.05) is 6.67 Å². The van der Waals surface area contributed by atoms with Crippen LogP contribution in [0.1, 0.15) is 13.8 Å². The lowest BCUT2D eigenvalue weighted by molar-refractivity contribution is -0.118. The van der Waals surface area contributed by atoms with Gasteiger partial charge in [-0.15, -0.1) is 0 Å². The molecule has 0 spiro atoms. The van der Waals surface area contributed by atoms with Crippen LogP contribution in [0.2, 0.25) is 0 Å². The molecule has 0 saturated carbocycles. The normalized spacial score (nSPS) is 10.6. The van der Waals surface area contributed by atoms with Crippen molar-refractivity contribution < 1.29 is 9.59 Å². The second-order valence-electron chi connectivity index (χ2n) is 2.26. The molecule has 72 valence electrons. The van der Waals surface area contributed by atoms with Crippen LogP contribution in [-0.4, -0.2) is 18.5 Å². The number of carbonyl (C=O) groups is 2. The van der Waals surface area contributed by atoms with Gasteiger partial charge >= 0.3 is 0 Å². The number of rotatable bonds is 4. The highest BCUT2D eigenvalue weighted by molar-refractivity contribution is 5.89. The summed E-state index contributed by atoms with van der Waals surface area (Å²) in [6.07, 6.45) is 6.04. The molecule has 0 heterocycles. The zero-order valence-corrected chi connectivity index (χ0v) is 7.83. The second kappa shape index (κ2) is 7.09. The van der Waals surface area contributed by atoms with Crippen LogP contribution < -0.4 is 10.6 Å². The summed E-state index contributed by atoms with van der Waals surface area (Å²) in [5.41, 5.74) is 0. The van der Waals surface area contributed by atoms with E-state index in [1.165, 1.54) is 12.2 Å². The molecule has 0 aromatic heterocycles. The molecule has 0 unspecified atom stereocenters. The highest BCUT2D eigenvalue weighted by Gasteiger charge is 1.94. The fourth-order valence-electron chi connectivity index (χ4n) is 0.639. The van der Waals surface area contributed by atoms with Gasteiger partial charge in [0.1, 0.15) is 0 Å². The molecule has 0 atom stereocenters. The van der Waals surface area contributed by atoms with E-state index in [0.29, 0.717) is 0 Å². The lowest BCUT2D eigenvalue weighted by Gasteiger charge is -2.01. The summed E-state index contributed by atoms with van der Waals surface area (Å²) in [5.74, 6) is -0.438. The van der Waals surface area contributed by atoms with Crippen LogP contribution in [0, 0.1) is 0 Å². The van der Waals surface area contributed by atoms with Crippen molar-refractivity contribution in [2.24, 2.45) is 0 Å². The molecule has 0 aliphatic carbocycles. The number of hydrogen-bond acceptors (Lipinski definition) is 2. The Morgan fingerprint density at radius 1 is 1.00 bits per heavy atom. The lowest BCUT2D eigenvalue weighted by atomic mass is 10.5. The van der Waals surface area contributed by atoms with Gasteiger partial charge in [0.2, 0.25) is 11.8 Å². The molecule has 0 aromatic carbocycles. The van der Waals surface area contributed by atoms with Crippen molar-refractivity contribution in [3.05, 3.63) is 24.3 Å². The van der Waals surface area contributed by atoms with Crippen LogP contribution in [-0.2, 0) is 9.59 Å². The molecule has 0 aromatic rings. The molecular formula is C9H14N2O2. The Bertz CT molecular complexity index is 208. The van der Waals surface area contributed by atoms with Crippen LogP contribution in [0.15, 0.2) is 24.3 Å². The topological polar surface area (TPSA) is 58.2 Å². The Labute approximate surface area is 77.7 Å². The van der Waals surface area contributed by atoms with Gasteiger partial charge in [0.05, 0.1) is 6.67 Å². The number of allylic oxidation sites excluding steroid dienone is 2. The number of hydrogen-bond donors (Lipinski definition) is 2. The van der Waals surface area contributed by atoms with E-state index in [1.54, 1.807) is 26.0 Å². The molecule has 0 bridgehead atoms. The van der Waals surface area contributed by atoms with Gasteiger partial charge in [-0.25, -0.2) is 0 Å². The summed E-state index contributed by atoms with van der Waals surface area (Å²) in [6, 6.07) is 0. The summed E-state index contributed by atoms with van der Waals surface area (Å²) < 4.78 is 0. The van der Waals surface area contributed by atoms with E-state index in [2.05, 4.69) is 10.6 Å². The van der Waals surface area contributed by atoms with E-state index in [9.17, 15) is 9.59 Å². The van der Waals surface area contributed by atoms with Gasteiger partial charge in [0.25, 0.3) is 0 Å². The van der Waals surface area contributed by atoms with Gasteiger partial charge in [-0.05, 0) is 26.0 Å². The molecule has 0 saturated heterocycles. The van der Waals surface area contributed by atoms with Gasteiger partial charge in [-0.3, -0.25) is 9.59 Å². The van der Waals surface area contributed by atoms with E-state index in [4.69, 9.17) is 0 Å². The SMILES string of the molecule is C/C=C/C(=O)NCNC(=O)/C=C/C. The van der Waals surface area contributed by atoms with Crippen molar-refractivity contribution >= 4 is 11.8 Å². The van der Waals surface area contributed by atoms with Gasteiger partial charge in [0.15, 0.2) is 0 Å². The summed E-state index contributed by atoms with van der Waals surface area (Å²) in [6.45, 7) is 3.64. The number of nitrogens with one attached hydrogen (secondary N) is 2. The van der Waals surface area contributed by atoms with Gasteiger partial charge < -0.3 is 10.6 Å². The quantitative estimate of drug-likeness (QED) is 0.486. The summed E-state index contributed by atoms with van der Waals surface area (Å²) in [7, 11) is 0. The highest BCUT2D eigenvalue weighted by atomic mass is 16.2. The van der Waals surface area contributed by atoms with E-state index in [-0.39, 0.29) is 18.5 Å². The summed E-state index contributed by atoms with van der Waals surface area (Å²) in [5, 5.41) is 4.96. The van der Waals surface area contributed by atoms with E-state index in [1.807, 2.05) is 0 Å². The molecule has 4 nitrogen and oxygen atoms in total. The predicted octanol–water partition coefficient (Wildman–Crippen LogP) is 0.329. The Hall–Kier alpha value is -1.58. The first-order valence-electron chi connectivity index (χ1n) is 4.01. The molecule has 0 radical (unpaired) electrons. The molecular weight excluding hydrogens is 168 g/mol. The van der Waals surface area contributed by atoms with Crippen LogP contribution in [0.5, 0.6) is 0 Å². The second-order valence-corrected chi connectivity index (χ2v) is 2.26. The standard InChI is InChI=1S/C9H14N2O2/c1-3-5-8(12)10-7-11-9(13)6-4-2/h3-6H,7H2,1-2H3,(H,10,12)(H,11,13)/b5-3+,6-4+. The molecule has 4 heteroatoms. The van der Waals surface area contributed by atoms with Crippen molar-refractivity contribution in [1.82, 2.24) is 10.6 Å². The first-order valence-corrected chi connectivity index (χ1v) is 4.01. The summed E-state index contributed by atoms with van der Waals surface area (Å²) in [4.78, 5) is 21.6. The maximum atomic E-state index is 10.8. The zero-order valence-electron chi connectivity index (χ0n) is 7.83. The smallest absolute Gasteiger partial charge is 0.245 e. The molecule has 0 aliphatic heterocycles. The first kappa shape index (κ1) is 11.4. The van der Waals surface area contributed by atoms with Crippen LogP contribution in [0.4, 0.5) is 0 Å². The first-order chi connectivity index (χ1) is 6.20. The fraction of sp³-hybridized carbons (Fsp3) is 0.333. The lowest BCUT2D eigenvalue weighted by Crippen LogP contribution is -2.35. The van der Waals surface area contributed by atoms with E-state index in [0.717, 1.165) is 0 Å². The molecule has 13 heavy (non-hydrogen) atoms. The maximum absolute atomic E-state index is 10.8. The average molecular weight is 182 g/mol. The minimum absolute atomic E-state index is 0.145. The Balaban J connectivity index is 3.56. The minimum atomic E-state index is -0.219. The van der Waals surface area contributed by atoms with Crippen LogP contribution >= 0.6 is 0 Å². The monoisotopic (exact) mass is 182 g/mol. The number of amides is 2. The maximum Gasteiger partial charge on any atom is 0.245 e. The molecule has 2 N–H and O–H groups in total. The third-order valence-corrected chi connectivity index (χ3v) is 1.16. The summed E-state index contributed by atoms with van der Waals surface area (Å²) >= 11 is 0. The Kier molecular flexibility index (Phi) is 6.23. The van der Waals surface area contributed by atoms with Crippen molar-refractivity contribution in [2.45, 2.75) is 13.8 Å². The molecule has 2 amide bonds. The van der Waals surface area contributed by atoms with Crippen molar-refractivity contribution in [3.8, 4) is 0 Å². The highest BCUT2D eigenvalue weighted by Crippen LogP contribution is 1.72. The molecule has 0 rings (SSSR count). The van der Waals surface area contributed by atoms with E-state index >= 15 is 0 Å². The van der Waals surface area contributed by atoms with Crippen LogP contribution in [0.3, 0.4) is 0 Å². The van der Waals surface area contributed by atoms with Crippen molar-refractivity contribution in [1.29, 1.82) is 0 Å². The number of carbonyl (C=O) groups excluding carboxylic acids is 2. The predicted molar refractivity (Wildman–Crippen MR) is 50.8 cm³/mol. The van der Waals surface area contributed by atoms with Gasteiger partial charge in [-0.2, -0.15) is 0 Å². The largest absolute Gasteiger partial charge is 0.335 e. The third kappa shape index (κ3) is 6.80. The van der Waals surface area contributed by atoms with E-state index < -0.39 is 0 Å². The van der Waals surface area contributed by atoms with Gasteiger partial charge in [-0.1, -0.05) is 12.2 Å². The zero-order chi connectivity index (χ0) is 10.1. The third-order valence-electron chi connectivity index (χ3n) is 1.16. The fourth-order valence-corrected chi connectivity index (χ4v) is 0.639. The average Bonchev–Trinajstić information content (AvgIpc) is 2.05. The van der Waals surface area contributed by atoms with Crippen molar-refractivity contribution in [3.63, 3.8) is 0 Å². The Morgan fingerprint density at radius 2 is 1.38 bits per heavy atom.